The summed E-state index contributed by atoms with van der Waals surface area (Å²) in [6, 6.07) is 15.2. The van der Waals surface area contributed by atoms with E-state index in [1.54, 1.807) is 24.5 Å². The molecule has 0 aliphatic carbocycles. The van der Waals surface area contributed by atoms with E-state index in [2.05, 4.69) is 31.3 Å². The summed E-state index contributed by atoms with van der Waals surface area (Å²) >= 11 is 0. The van der Waals surface area contributed by atoms with Gasteiger partial charge < -0.3 is 20.4 Å². The summed E-state index contributed by atoms with van der Waals surface area (Å²) in [7, 11) is 1.93. The van der Waals surface area contributed by atoms with E-state index >= 15 is 0 Å². The number of benzene rings is 2. The van der Waals surface area contributed by atoms with Crippen molar-refractivity contribution in [3.05, 3.63) is 77.7 Å². The Morgan fingerprint density at radius 1 is 0.971 bits per heavy atom. The largest absolute Gasteiger partial charge is 0.436 e. The summed E-state index contributed by atoms with van der Waals surface area (Å²) in [5.41, 5.74) is 12.2. The van der Waals surface area contributed by atoms with E-state index in [0.29, 0.717) is 17.4 Å². The van der Waals surface area contributed by atoms with Gasteiger partial charge in [0.1, 0.15) is 11.3 Å². The van der Waals surface area contributed by atoms with Crippen LogP contribution in [0.3, 0.4) is 0 Å². The zero-order valence-corrected chi connectivity index (χ0v) is 19.4. The van der Waals surface area contributed by atoms with Gasteiger partial charge in [-0.1, -0.05) is 0 Å². The quantitative estimate of drug-likeness (QED) is 0.372. The first kappa shape index (κ1) is 21.9. The van der Waals surface area contributed by atoms with E-state index in [9.17, 15) is 0 Å². The SMILES string of the molecule is Cc1cc(-c2cnc(N)nc2)cc(C)c1Oc1nc(Nc2ccc(C#N)cc2)nc2ccn(C)c12. The Labute approximate surface area is 201 Å². The molecular weight excluding hydrogens is 440 g/mol. The second kappa shape index (κ2) is 8.76. The first-order chi connectivity index (χ1) is 16.9. The van der Waals surface area contributed by atoms with Crippen LogP contribution in [0.1, 0.15) is 16.7 Å². The summed E-state index contributed by atoms with van der Waals surface area (Å²) in [4.78, 5) is 17.5. The Balaban J connectivity index is 1.52. The molecule has 2 aromatic carbocycles. The Morgan fingerprint density at radius 2 is 1.66 bits per heavy atom. The maximum Gasteiger partial charge on any atom is 0.249 e. The van der Waals surface area contributed by atoms with Crippen LogP contribution in [-0.4, -0.2) is 24.5 Å². The first-order valence-electron chi connectivity index (χ1n) is 10.9. The van der Waals surface area contributed by atoms with E-state index in [0.717, 1.165) is 44.7 Å². The number of aromatic nitrogens is 5. The first-order valence-corrected chi connectivity index (χ1v) is 10.9. The molecule has 172 valence electrons. The smallest absolute Gasteiger partial charge is 0.249 e. The van der Waals surface area contributed by atoms with Crippen LogP contribution in [0.2, 0.25) is 0 Å². The summed E-state index contributed by atoms with van der Waals surface area (Å²) < 4.78 is 8.34. The topological polar surface area (TPSA) is 128 Å². The van der Waals surface area contributed by atoms with Gasteiger partial charge in [0, 0.05) is 36.9 Å². The molecule has 9 heteroatoms. The summed E-state index contributed by atoms with van der Waals surface area (Å²) in [6.07, 6.45) is 5.33. The van der Waals surface area contributed by atoms with E-state index in [1.165, 1.54) is 0 Å². The predicted molar refractivity (Wildman–Crippen MR) is 134 cm³/mol. The van der Waals surface area contributed by atoms with Crippen LogP contribution in [0.15, 0.2) is 61.1 Å². The van der Waals surface area contributed by atoms with Gasteiger partial charge in [0.15, 0.2) is 0 Å². The summed E-state index contributed by atoms with van der Waals surface area (Å²) in [6.45, 7) is 3.98. The van der Waals surface area contributed by atoms with Crippen molar-refractivity contribution in [1.82, 2.24) is 24.5 Å². The third-order valence-corrected chi connectivity index (χ3v) is 5.62. The Bertz CT molecular complexity index is 1560. The molecule has 0 fully saturated rings. The number of fused-ring (bicyclic) bond motifs is 1. The van der Waals surface area contributed by atoms with Crippen molar-refractivity contribution in [2.45, 2.75) is 13.8 Å². The number of nitriles is 1. The molecule has 0 bridgehead atoms. The molecule has 0 aliphatic heterocycles. The highest BCUT2D eigenvalue weighted by atomic mass is 16.5. The lowest BCUT2D eigenvalue weighted by atomic mass is 10.0. The van der Waals surface area contributed by atoms with Gasteiger partial charge in [0.25, 0.3) is 0 Å². The van der Waals surface area contributed by atoms with Crippen LogP contribution in [-0.2, 0) is 7.05 Å². The number of rotatable bonds is 5. The van der Waals surface area contributed by atoms with Gasteiger partial charge in [0.05, 0.1) is 17.1 Å². The number of nitrogen functional groups attached to an aromatic ring is 1. The van der Waals surface area contributed by atoms with Crippen LogP contribution >= 0.6 is 0 Å². The molecule has 3 N–H and O–H groups in total. The Morgan fingerprint density at radius 3 is 2.31 bits per heavy atom. The van der Waals surface area contributed by atoms with Gasteiger partial charge in [-0.05, 0) is 73.0 Å². The molecule has 0 radical (unpaired) electrons. The van der Waals surface area contributed by atoms with E-state index in [4.69, 9.17) is 15.7 Å². The zero-order chi connectivity index (χ0) is 24.5. The van der Waals surface area contributed by atoms with Crippen molar-refractivity contribution in [2.75, 3.05) is 11.1 Å². The predicted octanol–water partition coefficient (Wildman–Crippen LogP) is 5.03. The Kier molecular flexibility index (Phi) is 5.47. The molecule has 5 aromatic rings. The van der Waals surface area contributed by atoms with Crippen LogP contribution in [0.5, 0.6) is 11.6 Å². The molecule has 0 saturated carbocycles. The third kappa shape index (κ3) is 4.32. The molecule has 0 aliphatic rings. The molecule has 0 atom stereocenters. The second-order valence-corrected chi connectivity index (χ2v) is 8.20. The molecule has 0 spiro atoms. The van der Waals surface area contributed by atoms with E-state index in [1.807, 2.05) is 62.0 Å². The van der Waals surface area contributed by atoms with Crippen LogP contribution in [0.4, 0.5) is 17.6 Å². The minimum Gasteiger partial charge on any atom is -0.436 e. The molecule has 0 amide bonds. The van der Waals surface area contributed by atoms with Gasteiger partial charge in [0.2, 0.25) is 17.8 Å². The lowest BCUT2D eigenvalue weighted by Gasteiger charge is -2.15. The molecule has 0 saturated heterocycles. The van der Waals surface area contributed by atoms with Gasteiger partial charge in [-0.3, -0.25) is 0 Å². The Hall–Kier alpha value is -4.97. The monoisotopic (exact) mass is 462 g/mol. The van der Waals surface area contributed by atoms with Gasteiger partial charge in [-0.2, -0.15) is 10.2 Å². The number of ether oxygens (including phenoxy) is 1. The van der Waals surface area contributed by atoms with Gasteiger partial charge >= 0.3 is 0 Å². The number of anilines is 3. The van der Waals surface area contributed by atoms with Crippen molar-refractivity contribution in [3.8, 4) is 28.8 Å². The fourth-order valence-electron chi connectivity index (χ4n) is 3.90. The summed E-state index contributed by atoms with van der Waals surface area (Å²) in [5, 5.41) is 12.2. The number of nitrogens with zero attached hydrogens (tertiary/aromatic N) is 6. The number of nitrogens with two attached hydrogens (primary N) is 1. The normalized spacial score (nSPS) is 10.8. The van der Waals surface area contributed by atoms with Crippen molar-refractivity contribution in [3.63, 3.8) is 0 Å². The molecule has 5 rings (SSSR count). The fourth-order valence-corrected chi connectivity index (χ4v) is 3.90. The zero-order valence-electron chi connectivity index (χ0n) is 19.4. The van der Waals surface area contributed by atoms with E-state index in [-0.39, 0.29) is 5.95 Å². The molecule has 3 aromatic heterocycles. The number of aryl methyl sites for hydroxylation is 3. The molecule has 35 heavy (non-hydrogen) atoms. The fraction of sp³-hybridized carbons (Fsp3) is 0.115. The van der Waals surface area contributed by atoms with Crippen LogP contribution < -0.4 is 15.8 Å². The highest BCUT2D eigenvalue weighted by molar-refractivity contribution is 5.83. The maximum absolute atomic E-state index is 9.03. The maximum atomic E-state index is 9.03. The minimum atomic E-state index is 0.239. The van der Waals surface area contributed by atoms with Crippen LogP contribution in [0, 0.1) is 25.2 Å². The number of nitrogens with one attached hydrogen (secondary N) is 1. The van der Waals surface area contributed by atoms with Crippen molar-refractivity contribution in [2.24, 2.45) is 7.05 Å². The molecule has 9 nitrogen and oxygen atoms in total. The van der Waals surface area contributed by atoms with Crippen molar-refractivity contribution < 1.29 is 4.74 Å². The second-order valence-electron chi connectivity index (χ2n) is 8.20. The average Bonchev–Trinajstić information content (AvgIpc) is 3.23. The summed E-state index contributed by atoms with van der Waals surface area (Å²) in [5.74, 6) is 1.79. The van der Waals surface area contributed by atoms with Crippen molar-refractivity contribution in [1.29, 1.82) is 5.26 Å². The van der Waals surface area contributed by atoms with Gasteiger partial charge in [-0.25, -0.2) is 15.0 Å². The number of hydrogen-bond acceptors (Lipinski definition) is 8. The van der Waals surface area contributed by atoms with Crippen LogP contribution in [0.25, 0.3) is 22.2 Å². The van der Waals surface area contributed by atoms with E-state index < -0.39 is 0 Å². The third-order valence-electron chi connectivity index (χ3n) is 5.62. The molecule has 0 unspecified atom stereocenters. The number of hydrogen-bond donors (Lipinski definition) is 2. The lowest BCUT2D eigenvalue weighted by Crippen LogP contribution is -2.02. The highest BCUT2D eigenvalue weighted by Gasteiger charge is 2.17. The molecular formula is C26H22N8O. The molecule has 3 heterocycles. The highest BCUT2D eigenvalue weighted by Crippen LogP contribution is 2.35. The van der Waals surface area contributed by atoms with Gasteiger partial charge in [-0.15, -0.1) is 0 Å². The minimum absolute atomic E-state index is 0.239. The standard InChI is InChI=1S/C26H22N8O/c1-15-10-18(19-13-29-25(28)30-14-19)11-16(2)23(15)35-24-22-21(8-9-34(22)3)32-26(33-24)31-20-6-4-17(12-27)5-7-20/h4-11,13-14H,1-3H3,(H2,28,29,30)(H,31,32,33). The lowest BCUT2D eigenvalue weighted by molar-refractivity contribution is 0.459. The van der Waals surface area contributed by atoms with Crippen molar-refractivity contribution >= 4 is 28.6 Å². The average molecular weight is 463 g/mol.